The minimum absolute atomic E-state index is 0.352. The van der Waals surface area contributed by atoms with Gasteiger partial charge in [-0.05, 0) is 44.1 Å². The van der Waals surface area contributed by atoms with E-state index < -0.39 is 5.60 Å². The predicted octanol–water partition coefficient (Wildman–Crippen LogP) is 2.71. The zero-order valence-electron chi connectivity index (χ0n) is 10.8. The maximum absolute atomic E-state index is 10.9. The molecule has 0 amide bonds. The molecule has 0 spiro atoms. The van der Waals surface area contributed by atoms with Crippen molar-refractivity contribution in [3.8, 4) is 0 Å². The van der Waals surface area contributed by atoms with Crippen molar-refractivity contribution in [2.75, 3.05) is 6.54 Å². The summed E-state index contributed by atoms with van der Waals surface area (Å²) in [6.45, 7) is 5.66. The third-order valence-electron chi connectivity index (χ3n) is 4.76. The summed E-state index contributed by atoms with van der Waals surface area (Å²) in [6, 6.07) is 0.352. The summed E-state index contributed by atoms with van der Waals surface area (Å²) in [6.07, 6.45) is 8.21. The average molecular weight is 225 g/mol. The Bertz CT molecular complexity index is 231. The Balaban J connectivity index is 1.99. The predicted molar refractivity (Wildman–Crippen MR) is 67.4 cm³/mol. The van der Waals surface area contributed by atoms with E-state index in [0.717, 1.165) is 37.6 Å². The molecule has 4 atom stereocenters. The lowest BCUT2D eigenvalue weighted by Crippen LogP contribution is -2.56. The monoisotopic (exact) mass is 225 g/mol. The van der Waals surface area contributed by atoms with Crippen molar-refractivity contribution in [2.24, 2.45) is 11.8 Å². The van der Waals surface area contributed by atoms with Crippen LogP contribution in [0.3, 0.4) is 0 Å². The molecule has 2 heteroatoms. The molecule has 0 aromatic rings. The topological polar surface area (TPSA) is 32.3 Å². The van der Waals surface area contributed by atoms with Crippen molar-refractivity contribution in [3.05, 3.63) is 0 Å². The van der Waals surface area contributed by atoms with E-state index in [-0.39, 0.29) is 0 Å². The fraction of sp³-hybridized carbons (Fsp3) is 1.00. The van der Waals surface area contributed by atoms with Crippen molar-refractivity contribution < 1.29 is 5.11 Å². The molecule has 1 aliphatic heterocycles. The van der Waals surface area contributed by atoms with E-state index in [1.807, 2.05) is 0 Å². The van der Waals surface area contributed by atoms with Crippen LogP contribution < -0.4 is 5.32 Å². The quantitative estimate of drug-likeness (QED) is 0.757. The standard InChI is InChI=1S/C14H27NO/c1-3-12-5-4-7-14(16,10-12)13-9-11(2)6-8-15-13/h11-13,15-16H,3-10H2,1-2H3. The Morgan fingerprint density at radius 2 is 2.19 bits per heavy atom. The molecule has 2 nitrogen and oxygen atoms in total. The summed E-state index contributed by atoms with van der Waals surface area (Å²) < 4.78 is 0. The first-order chi connectivity index (χ1) is 7.64. The third kappa shape index (κ3) is 2.60. The van der Waals surface area contributed by atoms with E-state index in [1.165, 1.54) is 25.7 Å². The van der Waals surface area contributed by atoms with Crippen LogP contribution in [-0.4, -0.2) is 23.3 Å². The van der Waals surface area contributed by atoms with Gasteiger partial charge in [0.15, 0.2) is 0 Å². The second-order valence-corrected chi connectivity index (χ2v) is 6.11. The Hall–Kier alpha value is -0.0800. The maximum atomic E-state index is 10.9. The van der Waals surface area contributed by atoms with Crippen molar-refractivity contribution in [1.82, 2.24) is 5.32 Å². The molecule has 0 bridgehead atoms. The number of hydrogen-bond donors (Lipinski definition) is 2. The van der Waals surface area contributed by atoms with Gasteiger partial charge >= 0.3 is 0 Å². The van der Waals surface area contributed by atoms with E-state index in [4.69, 9.17) is 0 Å². The van der Waals surface area contributed by atoms with Gasteiger partial charge in [0.25, 0.3) is 0 Å². The van der Waals surface area contributed by atoms with E-state index in [9.17, 15) is 5.11 Å². The maximum Gasteiger partial charge on any atom is 0.0802 e. The fourth-order valence-electron chi connectivity index (χ4n) is 3.58. The normalized spacial score (nSPS) is 45.6. The van der Waals surface area contributed by atoms with Crippen LogP contribution in [0, 0.1) is 11.8 Å². The van der Waals surface area contributed by atoms with Crippen molar-refractivity contribution in [3.63, 3.8) is 0 Å². The fourth-order valence-corrected chi connectivity index (χ4v) is 3.58. The molecule has 0 aromatic carbocycles. The van der Waals surface area contributed by atoms with Crippen LogP contribution in [0.4, 0.5) is 0 Å². The summed E-state index contributed by atoms with van der Waals surface area (Å²) >= 11 is 0. The summed E-state index contributed by atoms with van der Waals surface area (Å²) in [5.41, 5.74) is -0.409. The van der Waals surface area contributed by atoms with E-state index in [0.29, 0.717) is 6.04 Å². The van der Waals surface area contributed by atoms with Gasteiger partial charge in [-0.3, -0.25) is 0 Å². The molecule has 1 saturated heterocycles. The lowest BCUT2D eigenvalue weighted by Gasteiger charge is -2.45. The summed E-state index contributed by atoms with van der Waals surface area (Å²) in [4.78, 5) is 0. The molecule has 2 aliphatic rings. The van der Waals surface area contributed by atoms with Crippen molar-refractivity contribution >= 4 is 0 Å². The first-order valence-corrected chi connectivity index (χ1v) is 7.10. The highest BCUT2D eigenvalue weighted by Crippen LogP contribution is 2.39. The number of piperidine rings is 1. The minimum atomic E-state index is -0.409. The number of aliphatic hydroxyl groups is 1. The van der Waals surface area contributed by atoms with Crippen LogP contribution in [0.2, 0.25) is 0 Å². The summed E-state index contributed by atoms with van der Waals surface area (Å²) in [7, 11) is 0. The molecule has 1 heterocycles. The highest BCUT2D eigenvalue weighted by Gasteiger charge is 2.41. The first-order valence-electron chi connectivity index (χ1n) is 7.10. The van der Waals surface area contributed by atoms with Crippen LogP contribution in [0.25, 0.3) is 0 Å². The molecule has 94 valence electrons. The van der Waals surface area contributed by atoms with E-state index in [2.05, 4.69) is 19.2 Å². The smallest absolute Gasteiger partial charge is 0.0802 e. The van der Waals surface area contributed by atoms with Crippen LogP contribution >= 0.6 is 0 Å². The van der Waals surface area contributed by atoms with Crippen LogP contribution in [0.5, 0.6) is 0 Å². The molecular formula is C14H27NO. The van der Waals surface area contributed by atoms with Gasteiger partial charge < -0.3 is 10.4 Å². The van der Waals surface area contributed by atoms with Crippen molar-refractivity contribution in [1.29, 1.82) is 0 Å². The van der Waals surface area contributed by atoms with Crippen molar-refractivity contribution in [2.45, 2.75) is 70.4 Å². The number of hydrogen-bond acceptors (Lipinski definition) is 2. The van der Waals surface area contributed by atoms with Gasteiger partial charge in [-0.25, -0.2) is 0 Å². The van der Waals surface area contributed by atoms with Gasteiger partial charge in [-0.15, -0.1) is 0 Å². The lowest BCUT2D eigenvalue weighted by molar-refractivity contribution is -0.0586. The largest absolute Gasteiger partial charge is 0.388 e. The molecule has 16 heavy (non-hydrogen) atoms. The molecular weight excluding hydrogens is 198 g/mol. The number of rotatable bonds is 2. The molecule has 1 saturated carbocycles. The van der Waals surface area contributed by atoms with E-state index in [1.54, 1.807) is 0 Å². The zero-order valence-corrected chi connectivity index (χ0v) is 10.8. The average Bonchev–Trinajstić information content (AvgIpc) is 2.29. The molecule has 2 rings (SSSR count). The molecule has 1 aliphatic carbocycles. The molecule has 2 N–H and O–H groups in total. The Kier molecular flexibility index (Phi) is 3.91. The van der Waals surface area contributed by atoms with Crippen LogP contribution in [0.1, 0.15) is 58.8 Å². The van der Waals surface area contributed by atoms with Crippen LogP contribution in [0.15, 0.2) is 0 Å². The van der Waals surface area contributed by atoms with Gasteiger partial charge in [-0.2, -0.15) is 0 Å². The molecule has 0 aromatic heterocycles. The summed E-state index contributed by atoms with van der Waals surface area (Å²) in [5, 5.41) is 14.4. The second kappa shape index (κ2) is 5.05. The molecule has 2 fully saturated rings. The van der Waals surface area contributed by atoms with Gasteiger partial charge in [-0.1, -0.05) is 33.1 Å². The Labute approximate surface area is 99.8 Å². The second-order valence-electron chi connectivity index (χ2n) is 6.11. The SMILES string of the molecule is CCC1CCCC(O)(C2CC(C)CCN2)C1. The zero-order chi connectivity index (χ0) is 11.6. The van der Waals surface area contributed by atoms with Gasteiger partial charge in [0.1, 0.15) is 0 Å². The minimum Gasteiger partial charge on any atom is -0.388 e. The highest BCUT2D eigenvalue weighted by atomic mass is 16.3. The third-order valence-corrected chi connectivity index (χ3v) is 4.76. The van der Waals surface area contributed by atoms with Crippen LogP contribution in [-0.2, 0) is 0 Å². The summed E-state index contributed by atoms with van der Waals surface area (Å²) in [5.74, 6) is 1.52. The van der Waals surface area contributed by atoms with Gasteiger partial charge in [0.05, 0.1) is 5.60 Å². The number of nitrogens with one attached hydrogen (secondary N) is 1. The van der Waals surface area contributed by atoms with E-state index >= 15 is 0 Å². The lowest BCUT2D eigenvalue weighted by atomic mass is 9.70. The first kappa shape index (κ1) is 12.4. The molecule has 4 unspecified atom stereocenters. The van der Waals surface area contributed by atoms with Gasteiger partial charge in [0.2, 0.25) is 0 Å². The Morgan fingerprint density at radius 1 is 1.38 bits per heavy atom. The molecule has 0 radical (unpaired) electrons. The highest BCUT2D eigenvalue weighted by molar-refractivity contribution is 4.97. The Morgan fingerprint density at radius 3 is 2.88 bits per heavy atom. The van der Waals surface area contributed by atoms with Gasteiger partial charge in [0, 0.05) is 6.04 Å².